The van der Waals surface area contributed by atoms with Crippen LogP contribution in [0.25, 0.3) is 6.08 Å². The summed E-state index contributed by atoms with van der Waals surface area (Å²) in [5.41, 5.74) is 3.61. The van der Waals surface area contributed by atoms with E-state index < -0.39 is 0 Å². The van der Waals surface area contributed by atoms with E-state index in [2.05, 4.69) is 0 Å². The first-order valence-electron chi connectivity index (χ1n) is 4.11. The molecule has 0 bridgehead atoms. The van der Waals surface area contributed by atoms with Gasteiger partial charge in [0.25, 0.3) is 5.69 Å². The van der Waals surface area contributed by atoms with Crippen LogP contribution in [0.15, 0.2) is 23.8 Å². The molecule has 3 heteroatoms. The lowest BCUT2D eigenvalue weighted by Gasteiger charge is -1.97. The molecule has 3 nitrogen and oxygen atoms in total. The highest BCUT2D eigenvalue weighted by molar-refractivity contribution is 5.65. The molecule has 13 heavy (non-hydrogen) atoms. The van der Waals surface area contributed by atoms with Crippen LogP contribution in [0, 0.1) is 10.1 Å². The number of nitro benzene ring substituents is 1. The van der Waals surface area contributed by atoms with Crippen molar-refractivity contribution in [2.45, 2.75) is 13.3 Å². The van der Waals surface area contributed by atoms with Crippen molar-refractivity contribution >= 4 is 11.8 Å². The van der Waals surface area contributed by atoms with Crippen molar-refractivity contribution in [3.8, 4) is 0 Å². The van der Waals surface area contributed by atoms with Gasteiger partial charge in [0, 0.05) is 12.1 Å². The SMILES string of the molecule is CC1=Cc2cc([N+](=O)[O-])ccc2C1. The van der Waals surface area contributed by atoms with Gasteiger partial charge >= 0.3 is 0 Å². The van der Waals surface area contributed by atoms with Crippen molar-refractivity contribution < 1.29 is 4.92 Å². The standard InChI is InChI=1S/C10H9NO2/c1-7-4-8-2-3-10(11(12)13)6-9(8)5-7/h2-3,5-6H,4H2,1H3. The van der Waals surface area contributed by atoms with Gasteiger partial charge in [-0.2, -0.15) is 0 Å². The molecular formula is C10H9NO2. The van der Waals surface area contributed by atoms with E-state index in [1.165, 1.54) is 11.1 Å². The number of hydrogen-bond acceptors (Lipinski definition) is 2. The summed E-state index contributed by atoms with van der Waals surface area (Å²) in [5.74, 6) is 0. The second kappa shape index (κ2) is 2.69. The van der Waals surface area contributed by atoms with Crippen LogP contribution in [0.2, 0.25) is 0 Å². The Bertz CT molecular complexity index is 407. The molecule has 0 saturated heterocycles. The maximum Gasteiger partial charge on any atom is 0.270 e. The van der Waals surface area contributed by atoms with Gasteiger partial charge in [-0.15, -0.1) is 0 Å². The first-order valence-corrected chi connectivity index (χ1v) is 4.11. The van der Waals surface area contributed by atoms with Gasteiger partial charge in [0.05, 0.1) is 4.92 Å². The van der Waals surface area contributed by atoms with E-state index >= 15 is 0 Å². The predicted molar refractivity (Wildman–Crippen MR) is 50.5 cm³/mol. The fourth-order valence-corrected chi connectivity index (χ4v) is 1.61. The minimum Gasteiger partial charge on any atom is -0.258 e. The van der Waals surface area contributed by atoms with Crippen LogP contribution in [-0.4, -0.2) is 4.92 Å². The third-order valence-electron chi connectivity index (χ3n) is 2.21. The summed E-state index contributed by atoms with van der Waals surface area (Å²) in [4.78, 5) is 10.1. The van der Waals surface area contributed by atoms with Gasteiger partial charge in [-0.3, -0.25) is 10.1 Å². The molecule has 0 radical (unpaired) electrons. The fourth-order valence-electron chi connectivity index (χ4n) is 1.61. The second-order valence-corrected chi connectivity index (χ2v) is 3.31. The van der Waals surface area contributed by atoms with Gasteiger partial charge in [-0.05, 0) is 24.5 Å². The zero-order chi connectivity index (χ0) is 9.42. The molecule has 0 spiro atoms. The maximum absolute atomic E-state index is 10.5. The quantitative estimate of drug-likeness (QED) is 0.486. The van der Waals surface area contributed by atoms with Crippen LogP contribution in [-0.2, 0) is 6.42 Å². The van der Waals surface area contributed by atoms with E-state index in [0.717, 1.165) is 12.0 Å². The second-order valence-electron chi connectivity index (χ2n) is 3.31. The molecule has 0 atom stereocenters. The third-order valence-corrected chi connectivity index (χ3v) is 2.21. The summed E-state index contributed by atoms with van der Waals surface area (Å²) in [6, 6.07) is 5.03. The van der Waals surface area contributed by atoms with Crippen molar-refractivity contribution in [2.24, 2.45) is 0 Å². The van der Waals surface area contributed by atoms with Crippen molar-refractivity contribution in [1.82, 2.24) is 0 Å². The Kier molecular flexibility index (Phi) is 1.65. The normalized spacial score (nSPS) is 13.8. The van der Waals surface area contributed by atoms with Crippen LogP contribution >= 0.6 is 0 Å². The molecule has 0 fully saturated rings. The summed E-state index contributed by atoms with van der Waals surface area (Å²) in [6.07, 6.45) is 2.93. The van der Waals surface area contributed by atoms with Crippen molar-refractivity contribution in [1.29, 1.82) is 0 Å². The first kappa shape index (κ1) is 7.98. The van der Waals surface area contributed by atoms with Gasteiger partial charge in [0.2, 0.25) is 0 Å². The highest BCUT2D eigenvalue weighted by Crippen LogP contribution is 2.27. The van der Waals surface area contributed by atoms with Crippen LogP contribution in [0.1, 0.15) is 18.1 Å². The molecule has 2 rings (SSSR count). The predicted octanol–water partition coefficient (Wildman–Crippen LogP) is 2.55. The van der Waals surface area contributed by atoms with Crippen LogP contribution < -0.4 is 0 Å². The number of nitrogens with zero attached hydrogens (tertiary/aromatic N) is 1. The molecular weight excluding hydrogens is 166 g/mol. The third kappa shape index (κ3) is 1.33. The average molecular weight is 175 g/mol. The van der Waals surface area contributed by atoms with E-state index in [-0.39, 0.29) is 10.6 Å². The Morgan fingerprint density at radius 2 is 2.23 bits per heavy atom. The van der Waals surface area contributed by atoms with Gasteiger partial charge < -0.3 is 0 Å². The zero-order valence-electron chi connectivity index (χ0n) is 7.28. The highest BCUT2D eigenvalue weighted by Gasteiger charge is 2.13. The molecule has 0 heterocycles. The molecule has 0 N–H and O–H groups in total. The number of allylic oxidation sites excluding steroid dienone is 1. The molecule has 0 amide bonds. The fraction of sp³-hybridized carbons (Fsp3) is 0.200. The van der Waals surface area contributed by atoms with Crippen molar-refractivity contribution in [2.75, 3.05) is 0 Å². The topological polar surface area (TPSA) is 43.1 Å². The van der Waals surface area contributed by atoms with Gasteiger partial charge in [0.1, 0.15) is 0 Å². The van der Waals surface area contributed by atoms with E-state index in [1.54, 1.807) is 12.1 Å². The first-order chi connectivity index (χ1) is 6.16. The van der Waals surface area contributed by atoms with Gasteiger partial charge in [-0.1, -0.05) is 17.7 Å². The summed E-state index contributed by atoms with van der Waals surface area (Å²) in [7, 11) is 0. The number of rotatable bonds is 1. The molecule has 1 aromatic carbocycles. The van der Waals surface area contributed by atoms with Gasteiger partial charge in [-0.25, -0.2) is 0 Å². The molecule has 0 aromatic heterocycles. The number of benzene rings is 1. The van der Waals surface area contributed by atoms with Crippen LogP contribution in [0.5, 0.6) is 0 Å². The summed E-state index contributed by atoms with van der Waals surface area (Å²) < 4.78 is 0. The number of nitro groups is 1. The summed E-state index contributed by atoms with van der Waals surface area (Å²) in [6.45, 7) is 2.03. The van der Waals surface area contributed by atoms with E-state index in [0.29, 0.717) is 0 Å². The Hall–Kier alpha value is -1.64. The molecule has 1 aliphatic rings. The van der Waals surface area contributed by atoms with Crippen LogP contribution in [0.3, 0.4) is 0 Å². The highest BCUT2D eigenvalue weighted by atomic mass is 16.6. The Morgan fingerprint density at radius 3 is 2.92 bits per heavy atom. The average Bonchev–Trinajstić information content (AvgIpc) is 2.42. The number of hydrogen-bond donors (Lipinski definition) is 0. The van der Waals surface area contributed by atoms with Gasteiger partial charge in [0.15, 0.2) is 0 Å². The monoisotopic (exact) mass is 175 g/mol. The maximum atomic E-state index is 10.5. The van der Waals surface area contributed by atoms with Crippen molar-refractivity contribution in [3.63, 3.8) is 0 Å². The summed E-state index contributed by atoms with van der Waals surface area (Å²) >= 11 is 0. The molecule has 66 valence electrons. The number of non-ortho nitro benzene ring substituents is 1. The molecule has 0 saturated carbocycles. The van der Waals surface area contributed by atoms with E-state index in [9.17, 15) is 10.1 Å². The van der Waals surface area contributed by atoms with Crippen molar-refractivity contribution in [3.05, 3.63) is 45.0 Å². The lowest BCUT2D eigenvalue weighted by molar-refractivity contribution is -0.384. The smallest absolute Gasteiger partial charge is 0.258 e. The Morgan fingerprint density at radius 1 is 1.46 bits per heavy atom. The minimum atomic E-state index is -0.359. The Labute approximate surface area is 75.8 Å². The summed E-state index contributed by atoms with van der Waals surface area (Å²) in [5, 5.41) is 10.5. The van der Waals surface area contributed by atoms with Crippen LogP contribution in [0.4, 0.5) is 5.69 Å². The largest absolute Gasteiger partial charge is 0.270 e. The molecule has 1 aromatic rings. The lowest BCUT2D eigenvalue weighted by Crippen LogP contribution is -1.89. The van der Waals surface area contributed by atoms with E-state index in [4.69, 9.17) is 0 Å². The van der Waals surface area contributed by atoms with E-state index in [1.807, 2.05) is 19.1 Å². The molecule has 0 unspecified atom stereocenters. The zero-order valence-corrected chi connectivity index (χ0v) is 7.28. The molecule has 0 aliphatic heterocycles. The molecule has 1 aliphatic carbocycles. The minimum absolute atomic E-state index is 0.171. The number of fused-ring (bicyclic) bond motifs is 1. The Balaban J connectivity index is 2.49. The lowest BCUT2D eigenvalue weighted by atomic mass is 10.1.